The summed E-state index contributed by atoms with van der Waals surface area (Å²) in [4.78, 5) is 13.2. The number of carbonyl (C=O) groups is 1. The van der Waals surface area contributed by atoms with E-state index in [1.807, 2.05) is 62.5 Å². The molecule has 0 radical (unpaired) electrons. The summed E-state index contributed by atoms with van der Waals surface area (Å²) in [6.07, 6.45) is 8.99. The zero-order chi connectivity index (χ0) is 32.2. The molecule has 0 aromatic heterocycles. The highest BCUT2D eigenvalue weighted by Crippen LogP contribution is 2.48. The Kier molecular flexibility index (Phi) is 12.7. The molecule has 2 aromatic rings. The Bertz CT molecular complexity index is 1520. The molecule has 0 unspecified atom stereocenters. The second-order valence-corrected chi connectivity index (χ2v) is 11.8. The van der Waals surface area contributed by atoms with E-state index < -0.39 is 5.41 Å². The van der Waals surface area contributed by atoms with Crippen molar-refractivity contribution in [2.45, 2.75) is 85.5 Å². The topological polar surface area (TPSA) is 108 Å². The summed E-state index contributed by atoms with van der Waals surface area (Å²) in [7, 11) is 0. The highest BCUT2D eigenvalue weighted by Gasteiger charge is 2.39. The van der Waals surface area contributed by atoms with E-state index in [0.29, 0.717) is 36.1 Å². The minimum absolute atomic E-state index is 0.263. The summed E-state index contributed by atoms with van der Waals surface area (Å²) < 4.78 is 0. The summed E-state index contributed by atoms with van der Waals surface area (Å²) in [6.45, 7) is 18.2. The van der Waals surface area contributed by atoms with Crippen molar-refractivity contribution in [3.63, 3.8) is 0 Å². The van der Waals surface area contributed by atoms with Crippen molar-refractivity contribution in [2.75, 3.05) is 18.0 Å². The second kappa shape index (κ2) is 15.7. The molecule has 1 heterocycles. The predicted octanol–water partition coefficient (Wildman–Crippen LogP) is 7.40. The number of nitrogens with two attached hydrogens (primary N) is 1. The average Bonchev–Trinajstić information content (AvgIpc) is 3.21. The largest absolute Gasteiger partial charge is 0.344 e. The summed E-state index contributed by atoms with van der Waals surface area (Å²) in [6, 6.07) is 18.4. The van der Waals surface area contributed by atoms with Gasteiger partial charge < -0.3 is 15.0 Å². The number of aldehydes is 1. The van der Waals surface area contributed by atoms with Crippen LogP contribution in [-0.2, 0) is 15.6 Å². The Morgan fingerprint density at radius 2 is 1.70 bits per heavy atom. The van der Waals surface area contributed by atoms with Crippen molar-refractivity contribution in [1.82, 2.24) is 0 Å². The number of allylic oxidation sites excluding steroid dienone is 6. The predicted molar refractivity (Wildman–Crippen MR) is 175 cm³/mol. The summed E-state index contributed by atoms with van der Waals surface area (Å²) in [5.41, 5.74) is 7.62. The highest BCUT2D eigenvalue weighted by atomic mass is 16.1. The molecule has 43 heavy (non-hydrogen) atoms. The van der Waals surface area contributed by atoms with E-state index in [9.17, 15) is 20.6 Å². The molecule has 2 aromatic carbocycles. The van der Waals surface area contributed by atoms with Crippen molar-refractivity contribution in [3.8, 4) is 18.2 Å². The molecule has 6 heteroatoms. The first kappa shape index (κ1) is 34.8. The van der Waals surface area contributed by atoms with Crippen molar-refractivity contribution >= 4 is 17.7 Å². The second-order valence-electron chi connectivity index (χ2n) is 11.8. The van der Waals surface area contributed by atoms with E-state index in [-0.39, 0.29) is 5.41 Å². The molecule has 0 spiro atoms. The van der Waals surface area contributed by atoms with Crippen LogP contribution in [0.25, 0.3) is 0 Å². The van der Waals surface area contributed by atoms with E-state index in [0.717, 1.165) is 47.3 Å². The Morgan fingerprint density at radius 1 is 1.05 bits per heavy atom. The number of benzene rings is 2. The number of hydrogen-bond acceptors (Lipinski definition) is 5. The zero-order valence-electron chi connectivity index (χ0n) is 27.1. The normalized spacial score (nSPS) is 15.1. The van der Waals surface area contributed by atoms with Crippen LogP contribution in [0, 0.1) is 34.0 Å². The summed E-state index contributed by atoms with van der Waals surface area (Å²) in [5, 5.41) is 31.1. The standard InChI is InChI=1S/C35H39N5O.C2H6/c1-7-16-40-32-13-11-27(23-37)20-30(32)35(5,6)33(40)14-9-25(2)18-28(24-38)21-34(3,4)29-19-26(22-36)10-12-31(29)39-15-8-17-41;1-2/h9-14,17-20,39H,7-8,15-16,21H2,1-6H3;1-2H3/p+1/b25-9+,28-18-,33-14+;. The fraction of sp³-hybridized carbons (Fsp3) is 0.405. The smallest absolute Gasteiger partial charge is 0.133 e. The van der Waals surface area contributed by atoms with Crippen LogP contribution in [-0.4, -0.2) is 19.4 Å². The minimum atomic E-state index is -0.411. The van der Waals surface area contributed by atoms with Gasteiger partial charge in [0.1, 0.15) is 12.0 Å². The Labute approximate surface area is 258 Å². The number of carbonyl (C=O) groups excluding carboxylic acids is 1. The fourth-order valence-electron chi connectivity index (χ4n) is 5.63. The molecule has 2 N–H and O–H groups in total. The van der Waals surface area contributed by atoms with E-state index in [1.54, 1.807) is 6.07 Å². The Hall–Kier alpha value is -4.44. The Balaban J connectivity index is 0.00000316. The van der Waals surface area contributed by atoms with E-state index in [1.165, 1.54) is 5.70 Å². The summed E-state index contributed by atoms with van der Waals surface area (Å²) >= 11 is 0. The van der Waals surface area contributed by atoms with Gasteiger partial charge in [0.05, 0.1) is 42.3 Å². The van der Waals surface area contributed by atoms with Crippen LogP contribution < -0.4 is 10.2 Å². The molecular weight excluding hydrogens is 530 g/mol. The lowest BCUT2D eigenvalue weighted by Crippen LogP contribution is -2.78. The fourth-order valence-corrected chi connectivity index (χ4v) is 5.63. The third-order valence-corrected chi connectivity index (χ3v) is 7.71. The van der Waals surface area contributed by atoms with Crippen LogP contribution in [0.1, 0.15) is 96.9 Å². The molecule has 0 saturated carbocycles. The molecule has 1 aliphatic rings. The molecule has 0 bridgehead atoms. The lowest BCUT2D eigenvalue weighted by Gasteiger charge is -2.27. The number of hydrogen-bond donors (Lipinski definition) is 1. The maximum atomic E-state index is 10.8. The first-order chi connectivity index (χ1) is 20.5. The number of fused-ring (bicyclic) bond motifs is 1. The molecule has 0 saturated heterocycles. The number of nitrogens with zero attached hydrogens (tertiary/aromatic N) is 4. The third-order valence-electron chi connectivity index (χ3n) is 7.71. The monoisotopic (exact) mass is 576 g/mol. The zero-order valence-corrected chi connectivity index (χ0v) is 27.1. The molecule has 3 rings (SSSR count). The molecule has 224 valence electrons. The van der Waals surface area contributed by atoms with Gasteiger partial charge in [-0.05, 0) is 67.8 Å². The van der Waals surface area contributed by atoms with Crippen molar-refractivity contribution < 1.29 is 10.1 Å². The number of nitriles is 3. The van der Waals surface area contributed by atoms with Crippen molar-refractivity contribution in [2.24, 2.45) is 0 Å². The van der Waals surface area contributed by atoms with E-state index in [4.69, 9.17) is 0 Å². The van der Waals surface area contributed by atoms with Gasteiger partial charge in [-0.25, -0.2) is 0 Å². The van der Waals surface area contributed by atoms with Gasteiger partial charge in [0.25, 0.3) is 0 Å². The van der Waals surface area contributed by atoms with Crippen LogP contribution in [0.2, 0.25) is 0 Å². The van der Waals surface area contributed by atoms with Crippen molar-refractivity contribution in [1.29, 1.82) is 15.8 Å². The maximum absolute atomic E-state index is 10.8. The van der Waals surface area contributed by atoms with Crippen LogP contribution in [0.15, 0.2) is 71.5 Å². The van der Waals surface area contributed by atoms with E-state index in [2.05, 4.69) is 69.9 Å². The minimum Gasteiger partial charge on any atom is -0.344 e. The molecule has 0 fully saturated rings. The molecule has 0 atom stereocenters. The molecular formula is C37H46N5O+. The summed E-state index contributed by atoms with van der Waals surface area (Å²) in [5.74, 6) is 0. The number of anilines is 1. The van der Waals surface area contributed by atoms with Gasteiger partial charge in [-0.3, -0.25) is 0 Å². The van der Waals surface area contributed by atoms with Gasteiger partial charge in [-0.1, -0.05) is 60.1 Å². The average molecular weight is 577 g/mol. The lowest BCUT2D eigenvalue weighted by atomic mass is 9.77. The Morgan fingerprint density at radius 3 is 2.30 bits per heavy atom. The van der Waals surface area contributed by atoms with Crippen LogP contribution in [0.3, 0.4) is 0 Å². The number of rotatable bonds is 11. The van der Waals surface area contributed by atoms with Crippen molar-refractivity contribution in [3.05, 3.63) is 93.7 Å². The van der Waals surface area contributed by atoms with Gasteiger partial charge in [0.15, 0.2) is 0 Å². The van der Waals surface area contributed by atoms with Gasteiger partial charge in [0.2, 0.25) is 0 Å². The van der Waals surface area contributed by atoms with Gasteiger partial charge in [-0.2, -0.15) is 15.8 Å². The lowest BCUT2D eigenvalue weighted by molar-refractivity contribution is -0.570. The van der Waals surface area contributed by atoms with Crippen LogP contribution in [0.5, 0.6) is 0 Å². The molecule has 1 aliphatic heterocycles. The highest BCUT2D eigenvalue weighted by molar-refractivity contribution is 5.72. The van der Waals surface area contributed by atoms with Crippen LogP contribution in [0.4, 0.5) is 11.4 Å². The molecule has 0 aliphatic carbocycles. The third kappa shape index (κ3) is 8.32. The number of quaternary nitrogens is 1. The van der Waals surface area contributed by atoms with Gasteiger partial charge in [-0.15, -0.1) is 0 Å². The molecule has 6 nitrogen and oxygen atoms in total. The molecule has 0 amide bonds. The van der Waals surface area contributed by atoms with E-state index >= 15 is 0 Å². The van der Waals surface area contributed by atoms with Crippen LogP contribution >= 0.6 is 0 Å². The maximum Gasteiger partial charge on any atom is 0.133 e. The first-order valence-electron chi connectivity index (χ1n) is 15.2. The van der Waals surface area contributed by atoms with Gasteiger partial charge in [0, 0.05) is 46.0 Å². The SMILES string of the molecule is CC.CCCN1/C(=C/C=C(C)/C=C(\C#N)CC(C)(C)c2cc(C#N)ccc2[NH2+]CCC=O)C(C)(C)c2cc(C#N)ccc21. The quantitative estimate of drug-likeness (QED) is 0.0986. The first-order valence-corrected chi connectivity index (χ1v) is 15.2. The van der Waals surface area contributed by atoms with Gasteiger partial charge >= 0.3 is 0 Å².